The van der Waals surface area contributed by atoms with Crippen molar-refractivity contribution in [2.24, 2.45) is 21.1 Å². The highest BCUT2D eigenvalue weighted by Gasteiger charge is 2.45. The van der Waals surface area contributed by atoms with Crippen molar-refractivity contribution in [1.29, 1.82) is 0 Å². The van der Waals surface area contributed by atoms with Gasteiger partial charge in [0.1, 0.15) is 29.6 Å². The monoisotopic (exact) mass is 1110 g/mol. The summed E-state index contributed by atoms with van der Waals surface area (Å²) in [7, 11) is 10.1. The van der Waals surface area contributed by atoms with Gasteiger partial charge in [0.25, 0.3) is 0 Å². The summed E-state index contributed by atoms with van der Waals surface area (Å²) < 4.78 is 127. The molecule has 3 aliphatic rings. The van der Waals surface area contributed by atoms with Crippen molar-refractivity contribution in [2.75, 3.05) is 21.3 Å². The van der Waals surface area contributed by atoms with Gasteiger partial charge in [0, 0.05) is 80.3 Å². The Morgan fingerprint density at radius 3 is 1.41 bits per heavy atom. The molecular formula is C57H48F6N6O11. The van der Waals surface area contributed by atoms with Gasteiger partial charge in [0.05, 0.1) is 27.0 Å². The molecule has 12 rings (SSSR count). The zero-order valence-corrected chi connectivity index (χ0v) is 43.3. The number of methoxy groups -OCH3 is 3. The number of halogens is 6. The molecule has 0 radical (unpaired) electrons. The third-order valence-corrected chi connectivity index (χ3v) is 12.4. The van der Waals surface area contributed by atoms with Gasteiger partial charge in [-0.2, -0.15) is 15.3 Å². The Bertz CT molecular complexity index is 3670. The minimum absolute atomic E-state index is 0.00610. The second kappa shape index (κ2) is 22.8. The second-order valence-corrected chi connectivity index (χ2v) is 17.6. The molecule has 0 saturated carbocycles. The van der Waals surface area contributed by atoms with Crippen LogP contribution in [0.1, 0.15) is 39.0 Å². The lowest BCUT2D eigenvalue weighted by Gasteiger charge is -2.15. The highest BCUT2D eigenvalue weighted by Crippen LogP contribution is 2.47. The molecule has 0 amide bonds. The molecule has 0 spiro atoms. The molecule has 1 unspecified atom stereocenters. The quantitative estimate of drug-likeness (QED) is 0.0957. The number of hydrogen-bond acceptors (Lipinski definition) is 14. The largest absolute Gasteiger partial charge is 0.586 e. The van der Waals surface area contributed by atoms with Crippen LogP contribution < -0.4 is 42.6 Å². The summed E-state index contributed by atoms with van der Waals surface area (Å²) in [6.07, 6.45) is -3.50. The highest BCUT2D eigenvalue weighted by molar-refractivity contribution is 5.82. The first-order valence-corrected chi connectivity index (χ1v) is 24.0. The zero-order chi connectivity index (χ0) is 56.9. The number of fused-ring (bicyclic) bond motifs is 3. The van der Waals surface area contributed by atoms with E-state index in [4.69, 9.17) is 14.2 Å². The number of aliphatic hydroxyl groups is 1. The Labute approximate surface area is 452 Å². The number of benzene rings is 6. The normalized spacial score (nSPS) is 14.5. The molecule has 9 aromatic rings. The number of carbonyl (C=O) groups excluding carboxylic acids is 1. The van der Waals surface area contributed by atoms with Crippen LogP contribution in [0, 0.1) is 0 Å². The predicted octanol–water partition coefficient (Wildman–Crippen LogP) is 11.4. The van der Waals surface area contributed by atoms with Crippen LogP contribution >= 0.6 is 0 Å². The zero-order valence-electron chi connectivity index (χ0n) is 43.3. The molecule has 1 atom stereocenters. The predicted molar refractivity (Wildman–Crippen MR) is 276 cm³/mol. The maximum atomic E-state index is 13.3. The lowest BCUT2D eigenvalue weighted by molar-refractivity contribution is -0.287. The van der Waals surface area contributed by atoms with Crippen molar-refractivity contribution in [3.8, 4) is 85.1 Å². The van der Waals surface area contributed by atoms with Crippen LogP contribution in [0.5, 0.6) is 51.7 Å². The number of alkyl halides is 6. The van der Waals surface area contributed by atoms with E-state index >= 15 is 0 Å². The van der Waals surface area contributed by atoms with Gasteiger partial charge in [-0.3, -0.25) is 18.8 Å². The minimum atomic E-state index is -3.68. The van der Waals surface area contributed by atoms with Crippen molar-refractivity contribution in [2.45, 2.75) is 31.4 Å². The summed E-state index contributed by atoms with van der Waals surface area (Å²) in [4.78, 5) is 10.9. The Morgan fingerprint density at radius 2 is 0.988 bits per heavy atom. The van der Waals surface area contributed by atoms with E-state index in [1.807, 2.05) is 55.3 Å². The van der Waals surface area contributed by atoms with Crippen LogP contribution in [0.25, 0.3) is 33.4 Å². The van der Waals surface area contributed by atoms with Gasteiger partial charge in [-0.25, -0.2) is 0 Å². The van der Waals surface area contributed by atoms with Crippen LogP contribution in [0.4, 0.5) is 26.3 Å². The first-order chi connectivity index (χ1) is 38.2. The van der Waals surface area contributed by atoms with E-state index in [0.29, 0.717) is 74.6 Å². The van der Waals surface area contributed by atoms with Crippen molar-refractivity contribution >= 4 is 6.29 Å². The maximum Gasteiger partial charge on any atom is 0.586 e. The van der Waals surface area contributed by atoms with Gasteiger partial charge >= 0.3 is 18.9 Å². The number of hydrogen-bond donors (Lipinski definition) is 1. The number of aromatic nitrogens is 6. The fourth-order valence-corrected chi connectivity index (χ4v) is 8.54. The number of aryl methyl sites for hydroxylation is 3. The van der Waals surface area contributed by atoms with E-state index in [2.05, 4.69) is 43.7 Å². The van der Waals surface area contributed by atoms with Crippen molar-refractivity contribution < 1.29 is 78.9 Å². The van der Waals surface area contributed by atoms with Crippen molar-refractivity contribution in [3.63, 3.8) is 0 Å². The summed E-state index contributed by atoms with van der Waals surface area (Å²) in [5.41, 5.74) is 7.67. The number of rotatable bonds is 11. The summed E-state index contributed by atoms with van der Waals surface area (Å²) in [5, 5.41) is 22.7. The van der Waals surface area contributed by atoms with Crippen LogP contribution in [0.2, 0.25) is 0 Å². The first kappa shape index (κ1) is 55.1. The van der Waals surface area contributed by atoms with E-state index in [1.54, 1.807) is 103 Å². The average molecular weight is 1110 g/mol. The molecule has 23 heteroatoms. The fourth-order valence-electron chi connectivity index (χ4n) is 8.54. The third-order valence-electron chi connectivity index (χ3n) is 12.4. The molecule has 0 aliphatic carbocycles. The molecule has 6 heterocycles. The van der Waals surface area contributed by atoms with Gasteiger partial charge in [0.15, 0.2) is 34.5 Å². The molecule has 3 aromatic heterocycles. The van der Waals surface area contributed by atoms with Gasteiger partial charge in [-0.1, -0.05) is 30.3 Å². The van der Waals surface area contributed by atoms with Crippen LogP contribution in [-0.2, 0) is 27.6 Å². The summed E-state index contributed by atoms with van der Waals surface area (Å²) in [5.74, 6) is 1.53. The summed E-state index contributed by atoms with van der Waals surface area (Å²) >= 11 is 0. The average Bonchev–Trinajstić information content (AvgIpc) is 4.35. The summed E-state index contributed by atoms with van der Waals surface area (Å²) in [6.45, 7) is 0. The standard InChI is InChI=1S/C19H16F2N2O4.C19H16F2N2O3.C15H10F2O4.C4H6N2/c1-23-14(7-8-22-23)18(24)12-4-5-15(25-2)13(9-12)11-3-6-16-17(10-11)27-19(20,21)26-16;1-23-14(7-8-22-23)9-12-3-5-16(24-2)15(10-12)13-4-6-17-18(11-13)26-19(20,21)25-17;1-19-12-4-2-9(8-18)6-11(12)10-3-5-13-14(7-10)21-15(16,17)20-13;1-6-4-2-3-5-6/h3-10,18,24H,1-2H3;3-8,10-11H,9H2,1-2H3;2-8H,1H3;2-4H,1H3. The number of aliphatic hydroxyl groups excluding tert-OH is 1. The maximum absolute atomic E-state index is 13.3. The molecule has 0 saturated heterocycles. The molecule has 17 nitrogen and oxygen atoms in total. The van der Waals surface area contributed by atoms with Crippen molar-refractivity contribution in [3.05, 3.63) is 180 Å². The molecule has 1 N–H and O–H groups in total. The van der Waals surface area contributed by atoms with E-state index in [0.717, 1.165) is 16.8 Å². The molecule has 3 aliphatic heterocycles. The molecule has 0 fully saturated rings. The molecule has 0 bridgehead atoms. The Kier molecular flexibility index (Phi) is 15.7. The number of aldehydes is 1. The molecule has 414 valence electrons. The molecule has 6 aromatic carbocycles. The Morgan fingerprint density at radius 1 is 0.525 bits per heavy atom. The third kappa shape index (κ3) is 12.5. The topological polar surface area (TPSA) is 174 Å². The van der Waals surface area contributed by atoms with Gasteiger partial charge < -0.3 is 47.7 Å². The first-order valence-electron chi connectivity index (χ1n) is 24.0. The highest BCUT2D eigenvalue weighted by atomic mass is 19.3. The van der Waals surface area contributed by atoms with Crippen LogP contribution in [0.3, 0.4) is 0 Å². The van der Waals surface area contributed by atoms with E-state index in [9.17, 15) is 36.2 Å². The number of nitrogens with zero attached hydrogens (tertiary/aromatic N) is 6. The SMILES string of the molecule is COc1ccc(C(O)c2ccnn2C)cc1-c1ccc2c(c1)OC(F)(F)O2.COc1ccc(C=O)cc1-c1ccc2c(c1)OC(F)(F)O2.COc1ccc(Cc2ccnn2C)cc1-c1ccc2c(c1)OC(F)(F)O2.Cn1cccn1. The van der Waals surface area contributed by atoms with Crippen LogP contribution in [-0.4, -0.2) is 80.9 Å². The smallest absolute Gasteiger partial charge is 0.496 e. The van der Waals surface area contributed by atoms with E-state index in [-0.39, 0.29) is 34.5 Å². The Balaban J connectivity index is 0.000000139. The van der Waals surface area contributed by atoms with Gasteiger partial charge in [-0.05, 0) is 125 Å². The lowest BCUT2D eigenvalue weighted by atomic mass is 9.98. The number of carbonyl (C=O) groups is 1. The molecule has 80 heavy (non-hydrogen) atoms. The second-order valence-electron chi connectivity index (χ2n) is 17.6. The van der Waals surface area contributed by atoms with E-state index < -0.39 is 25.0 Å². The summed E-state index contributed by atoms with van der Waals surface area (Å²) in [6, 6.07) is 35.0. The van der Waals surface area contributed by atoms with Gasteiger partial charge in [-0.15, -0.1) is 26.3 Å². The van der Waals surface area contributed by atoms with Crippen LogP contribution in [0.15, 0.2) is 152 Å². The Hall–Kier alpha value is -9.64. The van der Waals surface area contributed by atoms with E-state index in [1.165, 1.54) is 50.6 Å². The number of ether oxygens (including phenoxy) is 9. The minimum Gasteiger partial charge on any atom is -0.496 e. The van der Waals surface area contributed by atoms with Gasteiger partial charge in [0.2, 0.25) is 0 Å². The lowest BCUT2D eigenvalue weighted by Crippen LogP contribution is -2.25. The molecular weight excluding hydrogens is 1060 g/mol. The van der Waals surface area contributed by atoms with Crippen molar-refractivity contribution in [1.82, 2.24) is 29.3 Å². The fraction of sp³-hybridized carbons (Fsp3) is 0.193.